The first-order chi connectivity index (χ1) is 10.8. The summed E-state index contributed by atoms with van der Waals surface area (Å²) < 4.78 is 15.3. The van der Waals surface area contributed by atoms with Crippen molar-refractivity contribution in [3.8, 4) is 0 Å². The maximum absolute atomic E-state index is 9.94. The first kappa shape index (κ1) is 18.9. The smallest absolute Gasteiger partial charge is 0.187 e. The van der Waals surface area contributed by atoms with Crippen molar-refractivity contribution >= 4 is 0 Å². The monoisotopic (exact) mass is 342 g/mol. The van der Waals surface area contributed by atoms with Crippen LogP contribution >= 0.6 is 0 Å². The Bertz CT molecular complexity index is 378. The topological polar surface area (TPSA) is 190 Å². The third-order valence-corrected chi connectivity index (χ3v) is 3.98. The Balaban J connectivity index is 2.11. The van der Waals surface area contributed by atoms with Gasteiger partial charge in [0.1, 0.15) is 48.8 Å². The summed E-state index contributed by atoms with van der Waals surface area (Å²) in [6, 6.07) is 0. The van der Waals surface area contributed by atoms with E-state index in [2.05, 4.69) is 0 Å². The van der Waals surface area contributed by atoms with Crippen LogP contribution in [-0.4, -0.2) is 115 Å². The molecule has 0 aromatic heterocycles. The Hall–Kier alpha value is -0.440. The van der Waals surface area contributed by atoms with E-state index in [1.165, 1.54) is 0 Å². The average Bonchev–Trinajstić information content (AvgIpc) is 2.55. The summed E-state index contributed by atoms with van der Waals surface area (Å²) in [6.07, 6.45) is -15.6. The number of hydrogen-bond acceptors (Lipinski definition) is 11. The molecule has 11 nitrogen and oxygen atoms in total. The normalized spacial score (nSPS) is 51.7. The summed E-state index contributed by atoms with van der Waals surface area (Å²) in [7, 11) is 0. The van der Waals surface area contributed by atoms with E-state index in [0.717, 1.165) is 0 Å². The van der Waals surface area contributed by atoms with Crippen molar-refractivity contribution in [3.63, 3.8) is 0 Å². The maximum Gasteiger partial charge on any atom is 0.187 e. The van der Waals surface area contributed by atoms with Gasteiger partial charge in [-0.3, -0.25) is 0 Å². The summed E-state index contributed by atoms with van der Waals surface area (Å²) >= 11 is 0. The van der Waals surface area contributed by atoms with Crippen LogP contribution in [0.3, 0.4) is 0 Å². The molecule has 10 atom stereocenters. The van der Waals surface area contributed by atoms with Crippen LogP contribution < -0.4 is 0 Å². The van der Waals surface area contributed by atoms with Crippen molar-refractivity contribution in [1.29, 1.82) is 0 Å². The first-order valence-electron chi connectivity index (χ1n) is 7.08. The van der Waals surface area contributed by atoms with Gasteiger partial charge in [0, 0.05) is 0 Å². The lowest BCUT2D eigenvalue weighted by Gasteiger charge is -2.45. The molecule has 23 heavy (non-hydrogen) atoms. The molecular weight excluding hydrogens is 320 g/mol. The molecule has 2 heterocycles. The van der Waals surface area contributed by atoms with E-state index in [4.69, 9.17) is 19.3 Å². The Morgan fingerprint density at radius 2 is 1.26 bits per heavy atom. The summed E-state index contributed by atoms with van der Waals surface area (Å²) in [4.78, 5) is 0. The van der Waals surface area contributed by atoms with Crippen molar-refractivity contribution in [2.45, 2.75) is 61.4 Å². The molecule has 0 bridgehead atoms. The molecule has 0 aliphatic carbocycles. The van der Waals surface area contributed by atoms with Crippen molar-refractivity contribution in [3.05, 3.63) is 0 Å². The fourth-order valence-electron chi connectivity index (χ4n) is 2.57. The molecule has 0 radical (unpaired) electrons. The minimum absolute atomic E-state index is 0.667. The minimum Gasteiger partial charge on any atom is -0.394 e. The number of hydrogen-bond donors (Lipinski definition) is 8. The molecular formula is C12H22O11. The van der Waals surface area contributed by atoms with Crippen LogP contribution in [0, 0.1) is 0 Å². The van der Waals surface area contributed by atoms with Crippen LogP contribution in [-0.2, 0) is 14.2 Å². The molecule has 2 saturated heterocycles. The van der Waals surface area contributed by atoms with E-state index in [0.29, 0.717) is 0 Å². The van der Waals surface area contributed by atoms with Gasteiger partial charge in [-0.25, -0.2) is 0 Å². The number of ether oxygens (including phenoxy) is 3. The third kappa shape index (κ3) is 3.65. The van der Waals surface area contributed by atoms with E-state index in [1.54, 1.807) is 0 Å². The lowest BCUT2D eigenvalue weighted by Crippen LogP contribution is -2.64. The summed E-state index contributed by atoms with van der Waals surface area (Å²) in [5, 5.41) is 76.5. The third-order valence-electron chi connectivity index (χ3n) is 3.98. The van der Waals surface area contributed by atoms with Crippen molar-refractivity contribution in [2.75, 3.05) is 13.2 Å². The van der Waals surface area contributed by atoms with Gasteiger partial charge in [0.25, 0.3) is 0 Å². The predicted molar refractivity (Wildman–Crippen MR) is 68.6 cm³/mol. The van der Waals surface area contributed by atoms with E-state index < -0.39 is 74.6 Å². The Labute approximate surface area is 130 Å². The van der Waals surface area contributed by atoms with E-state index in [9.17, 15) is 35.7 Å². The second-order valence-corrected chi connectivity index (χ2v) is 5.53. The van der Waals surface area contributed by atoms with Crippen molar-refractivity contribution < 1.29 is 55.1 Å². The van der Waals surface area contributed by atoms with Gasteiger partial charge in [-0.15, -0.1) is 0 Å². The zero-order chi connectivity index (χ0) is 17.3. The highest BCUT2D eigenvalue weighted by Crippen LogP contribution is 2.28. The number of aliphatic hydroxyl groups excluding tert-OH is 8. The van der Waals surface area contributed by atoms with Gasteiger partial charge >= 0.3 is 0 Å². The molecule has 0 amide bonds. The summed E-state index contributed by atoms with van der Waals surface area (Å²) in [5.74, 6) is 0. The quantitative estimate of drug-likeness (QED) is 0.243. The van der Waals surface area contributed by atoms with Crippen LogP contribution in [0.25, 0.3) is 0 Å². The molecule has 0 saturated carbocycles. The molecule has 0 aromatic carbocycles. The summed E-state index contributed by atoms with van der Waals surface area (Å²) in [5.41, 5.74) is 0. The van der Waals surface area contributed by atoms with Crippen molar-refractivity contribution in [2.24, 2.45) is 0 Å². The molecule has 2 aliphatic heterocycles. The number of rotatable bonds is 4. The van der Waals surface area contributed by atoms with Gasteiger partial charge in [0.2, 0.25) is 0 Å². The number of aliphatic hydroxyl groups is 8. The van der Waals surface area contributed by atoms with Gasteiger partial charge in [-0.2, -0.15) is 0 Å². The van der Waals surface area contributed by atoms with Crippen molar-refractivity contribution in [1.82, 2.24) is 0 Å². The zero-order valence-electron chi connectivity index (χ0n) is 12.0. The van der Waals surface area contributed by atoms with Crippen LogP contribution in [0.2, 0.25) is 0 Å². The highest BCUT2D eigenvalue weighted by Gasteiger charge is 2.50. The Kier molecular flexibility index (Phi) is 6.27. The van der Waals surface area contributed by atoms with Crippen LogP contribution in [0.15, 0.2) is 0 Å². The molecule has 0 unspecified atom stereocenters. The van der Waals surface area contributed by atoms with E-state index >= 15 is 0 Å². The Morgan fingerprint density at radius 1 is 0.652 bits per heavy atom. The highest BCUT2D eigenvalue weighted by atomic mass is 16.7. The van der Waals surface area contributed by atoms with Gasteiger partial charge in [0.05, 0.1) is 13.2 Å². The van der Waals surface area contributed by atoms with Gasteiger partial charge in [-0.05, 0) is 0 Å². The fourth-order valence-corrected chi connectivity index (χ4v) is 2.57. The largest absolute Gasteiger partial charge is 0.394 e. The zero-order valence-corrected chi connectivity index (χ0v) is 12.0. The lowest BCUT2D eigenvalue weighted by atomic mass is 9.97. The summed E-state index contributed by atoms with van der Waals surface area (Å²) in [6.45, 7) is -1.35. The molecule has 11 heteroatoms. The average molecular weight is 342 g/mol. The minimum atomic E-state index is -1.74. The molecule has 2 fully saturated rings. The van der Waals surface area contributed by atoms with E-state index in [1.807, 2.05) is 0 Å². The molecule has 2 aliphatic rings. The van der Waals surface area contributed by atoms with Gasteiger partial charge in [-0.1, -0.05) is 0 Å². The SMILES string of the molecule is OC[C@@H]1O[C@H](O[C@H]2[C@@H](O)[C@@H](O)[C@@H](O)O[C@@H]2CO)[C@@H](O)[C@@H](O)[C@@H]1O. The Morgan fingerprint density at radius 3 is 1.83 bits per heavy atom. The molecule has 8 N–H and O–H groups in total. The molecule has 2 rings (SSSR count). The predicted octanol–water partition coefficient (Wildman–Crippen LogP) is -5.40. The fraction of sp³-hybridized carbons (Fsp3) is 1.00. The maximum atomic E-state index is 9.94. The van der Waals surface area contributed by atoms with Crippen LogP contribution in [0.4, 0.5) is 0 Å². The first-order valence-corrected chi connectivity index (χ1v) is 7.08. The van der Waals surface area contributed by atoms with Gasteiger partial charge in [0.15, 0.2) is 12.6 Å². The molecule has 0 aromatic rings. The van der Waals surface area contributed by atoms with Gasteiger partial charge < -0.3 is 55.1 Å². The second-order valence-electron chi connectivity index (χ2n) is 5.53. The lowest BCUT2D eigenvalue weighted by molar-refractivity contribution is -0.355. The van der Waals surface area contributed by atoms with Crippen LogP contribution in [0.1, 0.15) is 0 Å². The van der Waals surface area contributed by atoms with E-state index in [-0.39, 0.29) is 0 Å². The standard InChI is InChI=1S/C12H22O11/c13-1-3-5(15)6(16)9(19)12(22-3)23-10-4(2-14)21-11(20)8(18)7(10)17/h3-20H,1-2H2/t3-,4+,5+,6-,7-,8+,9-,10+,11-,12+/m0/s1. The molecule has 136 valence electrons. The van der Waals surface area contributed by atoms with Crippen LogP contribution in [0.5, 0.6) is 0 Å². The second kappa shape index (κ2) is 7.63. The molecule has 0 spiro atoms. The highest BCUT2D eigenvalue weighted by molar-refractivity contribution is 4.93.